The standard InChI is InChI=1S/C14H10BrF2NO2/c1-7-4-8(16)2-3-12(7)18-13-6-11(17)10(15)5-9(13)14(19)20/h2-6,18H,1H3,(H,19,20). The molecule has 0 aromatic heterocycles. The van der Waals surface area contributed by atoms with E-state index in [4.69, 9.17) is 5.11 Å². The second kappa shape index (κ2) is 5.58. The Hall–Kier alpha value is -1.95. The number of anilines is 2. The van der Waals surface area contributed by atoms with E-state index in [2.05, 4.69) is 21.2 Å². The van der Waals surface area contributed by atoms with Gasteiger partial charge in [0.05, 0.1) is 15.7 Å². The van der Waals surface area contributed by atoms with Crippen molar-refractivity contribution in [3.8, 4) is 0 Å². The van der Waals surface area contributed by atoms with Gasteiger partial charge in [-0.25, -0.2) is 13.6 Å². The summed E-state index contributed by atoms with van der Waals surface area (Å²) < 4.78 is 26.6. The van der Waals surface area contributed by atoms with Gasteiger partial charge < -0.3 is 10.4 Å². The van der Waals surface area contributed by atoms with Gasteiger partial charge >= 0.3 is 5.97 Å². The van der Waals surface area contributed by atoms with Gasteiger partial charge in [-0.2, -0.15) is 0 Å². The summed E-state index contributed by atoms with van der Waals surface area (Å²) in [6.07, 6.45) is 0. The topological polar surface area (TPSA) is 49.3 Å². The Kier molecular flexibility index (Phi) is 4.04. The molecule has 0 amide bonds. The van der Waals surface area contributed by atoms with Gasteiger partial charge in [-0.1, -0.05) is 0 Å². The summed E-state index contributed by atoms with van der Waals surface area (Å²) in [5.74, 6) is -2.17. The molecule has 104 valence electrons. The third-order valence-electron chi connectivity index (χ3n) is 2.75. The third kappa shape index (κ3) is 2.96. The fourth-order valence-electron chi connectivity index (χ4n) is 1.74. The molecule has 2 rings (SSSR count). The zero-order valence-electron chi connectivity index (χ0n) is 10.4. The first kappa shape index (κ1) is 14.5. The normalized spacial score (nSPS) is 10.4. The first-order valence-electron chi connectivity index (χ1n) is 5.64. The molecule has 6 heteroatoms. The first-order valence-corrected chi connectivity index (χ1v) is 6.43. The van der Waals surface area contributed by atoms with E-state index < -0.39 is 17.6 Å². The van der Waals surface area contributed by atoms with Crippen molar-refractivity contribution in [3.05, 3.63) is 57.6 Å². The molecule has 0 saturated heterocycles. The van der Waals surface area contributed by atoms with Crippen molar-refractivity contribution in [2.75, 3.05) is 5.32 Å². The molecule has 0 radical (unpaired) electrons. The van der Waals surface area contributed by atoms with E-state index in [0.717, 1.165) is 6.07 Å². The molecule has 2 N–H and O–H groups in total. The van der Waals surface area contributed by atoms with Gasteiger partial charge in [-0.3, -0.25) is 0 Å². The Morgan fingerprint density at radius 1 is 1.20 bits per heavy atom. The lowest BCUT2D eigenvalue weighted by atomic mass is 10.1. The highest BCUT2D eigenvalue weighted by Gasteiger charge is 2.15. The summed E-state index contributed by atoms with van der Waals surface area (Å²) >= 11 is 2.94. The minimum absolute atomic E-state index is 0.0660. The lowest BCUT2D eigenvalue weighted by molar-refractivity contribution is 0.0698. The maximum Gasteiger partial charge on any atom is 0.337 e. The van der Waals surface area contributed by atoms with Crippen LogP contribution in [0.25, 0.3) is 0 Å². The van der Waals surface area contributed by atoms with E-state index in [0.29, 0.717) is 11.3 Å². The monoisotopic (exact) mass is 341 g/mol. The van der Waals surface area contributed by atoms with Gasteiger partial charge in [0.1, 0.15) is 11.6 Å². The van der Waals surface area contributed by atoms with Crippen molar-refractivity contribution in [2.24, 2.45) is 0 Å². The van der Waals surface area contributed by atoms with Crippen LogP contribution >= 0.6 is 15.9 Å². The molecule has 0 spiro atoms. The Bertz CT molecular complexity index is 689. The van der Waals surface area contributed by atoms with Crippen LogP contribution in [0, 0.1) is 18.6 Å². The molecule has 0 aliphatic carbocycles. The van der Waals surface area contributed by atoms with Gasteiger partial charge in [0.2, 0.25) is 0 Å². The molecule has 20 heavy (non-hydrogen) atoms. The Labute approximate surface area is 122 Å². The fraction of sp³-hybridized carbons (Fsp3) is 0.0714. The lowest BCUT2D eigenvalue weighted by Crippen LogP contribution is -2.04. The first-order chi connectivity index (χ1) is 9.38. The Morgan fingerprint density at radius 2 is 1.90 bits per heavy atom. The molecule has 2 aromatic rings. The number of hydrogen-bond donors (Lipinski definition) is 2. The molecule has 0 saturated carbocycles. The van der Waals surface area contributed by atoms with Crippen LogP contribution in [0.5, 0.6) is 0 Å². The van der Waals surface area contributed by atoms with Gasteiger partial charge in [0.25, 0.3) is 0 Å². The second-order valence-electron chi connectivity index (χ2n) is 4.20. The number of nitrogens with one attached hydrogen (secondary N) is 1. The summed E-state index contributed by atoms with van der Waals surface area (Å²) in [5, 5.41) is 11.9. The highest BCUT2D eigenvalue weighted by atomic mass is 79.9. The molecule has 0 aliphatic heterocycles. The number of carbonyl (C=O) groups is 1. The van der Waals surface area contributed by atoms with E-state index in [-0.39, 0.29) is 15.7 Å². The zero-order chi connectivity index (χ0) is 14.9. The molecule has 0 unspecified atom stereocenters. The molecule has 2 aromatic carbocycles. The summed E-state index contributed by atoms with van der Waals surface area (Å²) in [7, 11) is 0. The highest BCUT2D eigenvalue weighted by molar-refractivity contribution is 9.10. The molecular weight excluding hydrogens is 332 g/mol. The van der Waals surface area contributed by atoms with Crippen LogP contribution < -0.4 is 5.32 Å². The maximum atomic E-state index is 13.6. The maximum absolute atomic E-state index is 13.6. The number of hydrogen-bond acceptors (Lipinski definition) is 2. The van der Waals surface area contributed by atoms with Crippen molar-refractivity contribution < 1.29 is 18.7 Å². The van der Waals surface area contributed by atoms with Crippen LogP contribution in [0.3, 0.4) is 0 Å². The molecule has 0 atom stereocenters. The fourth-order valence-corrected chi connectivity index (χ4v) is 2.08. The minimum Gasteiger partial charge on any atom is -0.478 e. The molecule has 3 nitrogen and oxygen atoms in total. The quantitative estimate of drug-likeness (QED) is 0.865. The van der Waals surface area contributed by atoms with Crippen LogP contribution in [0.2, 0.25) is 0 Å². The summed E-state index contributed by atoms with van der Waals surface area (Å²) in [5.41, 5.74) is 1.12. The number of aromatic carboxylic acids is 1. The number of halogens is 3. The van der Waals surface area contributed by atoms with Gasteiger partial charge in [0.15, 0.2) is 0 Å². The smallest absolute Gasteiger partial charge is 0.337 e. The predicted octanol–water partition coefficient (Wildman–Crippen LogP) is 4.48. The average molecular weight is 342 g/mol. The van der Waals surface area contributed by atoms with Crippen LogP contribution in [0.15, 0.2) is 34.8 Å². The van der Waals surface area contributed by atoms with Crippen molar-refractivity contribution in [3.63, 3.8) is 0 Å². The molecule has 0 bridgehead atoms. The molecule has 0 heterocycles. The van der Waals surface area contributed by atoms with Crippen molar-refractivity contribution >= 4 is 33.3 Å². The number of carboxylic acid groups (broad SMARTS) is 1. The van der Waals surface area contributed by atoms with E-state index in [1.165, 1.54) is 24.3 Å². The summed E-state index contributed by atoms with van der Waals surface area (Å²) in [6.45, 7) is 1.67. The van der Waals surface area contributed by atoms with Gasteiger partial charge in [-0.15, -0.1) is 0 Å². The van der Waals surface area contributed by atoms with Crippen molar-refractivity contribution in [1.29, 1.82) is 0 Å². The number of carboxylic acids is 1. The van der Waals surface area contributed by atoms with Crippen molar-refractivity contribution in [1.82, 2.24) is 0 Å². The van der Waals surface area contributed by atoms with E-state index in [1.807, 2.05) is 0 Å². The highest BCUT2D eigenvalue weighted by Crippen LogP contribution is 2.28. The van der Waals surface area contributed by atoms with Gasteiger partial charge in [0, 0.05) is 5.69 Å². The zero-order valence-corrected chi connectivity index (χ0v) is 12.0. The lowest BCUT2D eigenvalue weighted by Gasteiger charge is -2.13. The minimum atomic E-state index is -1.19. The van der Waals surface area contributed by atoms with Gasteiger partial charge in [-0.05, 0) is 58.7 Å². The van der Waals surface area contributed by atoms with Crippen LogP contribution in [-0.2, 0) is 0 Å². The SMILES string of the molecule is Cc1cc(F)ccc1Nc1cc(F)c(Br)cc1C(=O)O. The van der Waals surface area contributed by atoms with Crippen LogP contribution in [0.1, 0.15) is 15.9 Å². The molecular formula is C14H10BrF2NO2. The molecule has 0 fully saturated rings. The largest absolute Gasteiger partial charge is 0.478 e. The molecule has 0 aliphatic rings. The summed E-state index contributed by atoms with van der Waals surface area (Å²) in [6, 6.07) is 6.27. The second-order valence-corrected chi connectivity index (χ2v) is 5.06. The van der Waals surface area contributed by atoms with Crippen molar-refractivity contribution in [2.45, 2.75) is 6.92 Å². The Balaban J connectivity index is 2.47. The number of benzene rings is 2. The predicted molar refractivity (Wildman–Crippen MR) is 75.5 cm³/mol. The Morgan fingerprint density at radius 3 is 2.50 bits per heavy atom. The van der Waals surface area contributed by atoms with E-state index in [9.17, 15) is 13.6 Å². The van der Waals surface area contributed by atoms with Crippen LogP contribution in [-0.4, -0.2) is 11.1 Å². The van der Waals surface area contributed by atoms with E-state index in [1.54, 1.807) is 6.92 Å². The number of aryl methyl sites for hydroxylation is 1. The average Bonchev–Trinajstić information content (AvgIpc) is 2.36. The van der Waals surface area contributed by atoms with Crippen LogP contribution in [0.4, 0.5) is 20.2 Å². The summed E-state index contributed by atoms with van der Waals surface area (Å²) in [4.78, 5) is 11.2. The number of rotatable bonds is 3. The van der Waals surface area contributed by atoms with E-state index >= 15 is 0 Å². The third-order valence-corrected chi connectivity index (χ3v) is 3.36.